The third kappa shape index (κ3) is 2.32. The van der Waals surface area contributed by atoms with Crippen molar-refractivity contribution < 1.29 is 0 Å². The molecule has 92 valence electrons. The van der Waals surface area contributed by atoms with Crippen LogP contribution in [0.5, 0.6) is 0 Å². The summed E-state index contributed by atoms with van der Waals surface area (Å²) < 4.78 is 0. The summed E-state index contributed by atoms with van der Waals surface area (Å²) in [5.74, 6) is 1.67. The van der Waals surface area contributed by atoms with E-state index in [0.717, 1.165) is 18.4 Å². The highest BCUT2D eigenvalue weighted by Gasteiger charge is 2.25. The van der Waals surface area contributed by atoms with E-state index in [1.54, 1.807) is 5.56 Å². The summed E-state index contributed by atoms with van der Waals surface area (Å²) in [6, 6.07) is 6.83. The minimum atomic E-state index is 0.744. The van der Waals surface area contributed by atoms with Gasteiger partial charge >= 0.3 is 0 Å². The first-order valence-corrected chi connectivity index (χ1v) is 6.88. The molecule has 1 saturated heterocycles. The zero-order chi connectivity index (χ0) is 11.7. The van der Waals surface area contributed by atoms with Gasteiger partial charge in [0.05, 0.1) is 0 Å². The van der Waals surface area contributed by atoms with E-state index >= 15 is 0 Å². The Morgan fingerprint density at radius 3 is 2.88 bits per heavy atom. The summed E-state index contributed by atoms with van der Waals surface area (Å²) in [6.07, 6.45) is 4.08. The van der Waals surface area contributed by atoms with E-state index in [9.17, 15) is 0 Å². The minimum Gasteiger partial charge on any atom is -0.384 e. The van der Waals surface area contributed by atoms with Crippen LogP contribution >= 0.6 is 0 Å². The van der Waals surface area contributed by atoms with Crippen molar-refractivity contribution in [1.29, 1.82) is 0 Å². The molecule has 0 amide bonds. The first-order valence-electron chi connectivity index (χ1n) is 6.88. The molecule has 0 radical (unpaired) electrons. The zero-order valence-electron chi connectivity index (χ0n) is 10.6. The fourth-order valence-corrected chi connectivity index (χ4v) is 3.25. The maximum absolute atomic E-state index is 3.55. The van der Waals surface area contributed by atoms with Gasteiger partial charge in [-0.25, -0.2) is 0 Å². The van der Waals surface area contributed by atoms with Crippen molar-refractivity contribution in [3.63, 3.8) is 0 Å². The maximum Gasteiger partial charge on any atom is 0.0376 e. The summed E-state index contributed by atoms with van der Waals surface area (Å²) in [5.41, 5.74) is 4.32. The van der Waals surface area contributed by atoms with E-state index in [4.69, 9.17) is 0 Å². The third-order valence-electron chi connectivity index (χ3n) is 4.26. The van der Waals surface area contributed by atoms with Crippen molar-refractivity contribution in [2.24, 2.45) is 5.92 Å². The molecule has 2 nitrogen and oxygen atoms in total. The third-order valence-corrected chi connectivity index (χ3v) is 4.26. The lowest BCUT2D eigenvalue weighted by atomic mass is 9.85. The van der Waals surface area contributed by atoms with Gasteiger partial charge in [0.25, 0.3) is 0 Å². The number of rotatable bonds is 2. The number of nitrogens with one attached hydrogen (secondary N) is 2. The van der Waals surface area contributed by atoms with Crippen molar-refractivity contribution >= 4 is 5.69 Å². The van der Waals surface area contributed by atoms with E-state index in [0.29, 0.717) is 0 Å². The summed E-state index contributed by atoms with van der Waals surface area (Å²) in [6.45, 7) is 5.76. The number of hydrogen-bond donors (Lipinski definition) is 2. The van der Waals surface area contributed by atoms with Crippen LogP contribution in [0.25, 0.3) is 0 Å². The Hall–Kier alpha value is -1.02. The van der Waals surface area contributed by atoms with Gasteiger partial charge in [-0.15, -0.1) is 0 Å². The number of benzene rings is 1. The topological polar surface area (TPSA) is 24.1 Å². The van der Waals surface area contributed by atoms with Crippen LogP contribution in [0.1, 0.15) is 36.3 Å². The van der Waals surface area contributed by atoms with Gasteiger partial charge in [0.1, 0.15) is 0 Å². The minimum absolute atomic E-state index is 0.744. The van der Waals surface area contributed by atoms with Crippen molar-refractivity contribution in [3.05, 3.63) is 29.3 Å². The average Bonchev–Trinajstić information content (AvgIpc) is 2.73. The lowest BCUT2D eigenvalue weighted by molar-refractivity contribution is 0.336. The molecule has 0 aromatic heterocycles. The number of anilines is 1. The molecule has 0 saturated carbocycles. The molecule has 2 heterocycles. The average molecular weight is 230 g/mol. The van der Waals surface area contributed by atoms with Gasteiger partial charge in [-0.2, -0.15) is 0 Å². The molecular formula is C15H22N2. The van der Waals surface area contributed by atoms with Crippen molar-refractivity contribution in [1.82, 2.24) is 5.32 Å². The molecule has 2 heteroatoms. The van der Waals surface area contributed by atoms with Gasteiger partial charge < -0.3 is 10.6 Å². The lowest BCUT2D eigenvalue weighted by Gasteiger charge is -2.25. The van der Waals surface area contributed by atoms with Crippen LogP contribution in [-0.4, -0.2) is 19.6 Å². The van der Waals surface area contributed by atoms with Crippen molar-refractivity contribution in [3.8, 4) is 0 Å². The van der Waals surface area contributed by atoms with Gasteiger partial charge in [0.15, 0.2) is 0 Å². The monoisotopic (exact) mass is 230 g/mol. The van der Waals surface area contributed by atoms with E-state index in [-0.39, 0.29) is 0 Å². The molecule has 3 rings (SSSR count). The molecule has 2 aliphatic rings. The number of piperidine rings is 1. The van der Waals surface area contributed by atoms with Crippen molar-refractivity contribution in [2.45, 2.75) is 32.1 Å². The fraction of sp³-hybridized carbons (Fsp3) is 0.600. The van der Waals surface area contributed by atoms with E-state index in [1.165, 1.54) is 43.6 Å². The second kappa shape index (κ2) is 4.69. The highest BCUT2D eigenvalue weighted by atomic mass is 14.9. The van der Waals surface area contributed by atoms with E-state index in [1.807, 2.05) is 0 Å². The van der Waals surface area contributed by atoms with Crippen LogP contribution < -0.4 is 10.6 Å². The first-order chi connectivity index (χ1) is 8.33. The summed E-state index contributed by atoms with van der Waals surface area (Å²) in [5, 5.41) is 7.00. The fourth-order valence-electron chi connectivity index (χ4n) is 3.25. The molecule has 1 unspecified atom stereocenters. The van der Waals surface area contributed by atoms with Gasteiger partial charge in [-0.05, 0) is 56.8 Å². The highest BCUT2D eigenvalue weighted by molar-refractivity contribution is 5.58. The molecular weight excluding hydrogens is 208 g/mol. The quantitative estimate of drug-likeness (QED) is 0.816. The number of aryl methyl sites for hydroxylation is 1. The molecule has 1 fully saturated rings. The van der Waals surface area contributed by atoms with Gasteiger partial charge in [0.2, 0.25) is 0 Å². The molecule has 2 N–H and O–H groups in total. The molecule has 0 aliphatic carbocycles. The van der Waals surface area contributed by atoms with Crippen LogP contribution in [0.3, 0.4) is 0 Å². The highest BCUT2D eigenvalue weighted by Crippen LogP contribution is 2.37. The zero-order valence-corrected chi connectivity index (χ0v) is 10.6. The Morgan fingerprint density at radius 1 is 1.24 bits per heavy atom. The molecule has 0 bridgehead atoms. The largest absolute Gasteiger partial charge is 0.384 e. The molecule has 1 aromatic carbocycles. The molecule has 0 spiro atoms. The Bertz CT molecular complexity index is 394. The smallest absolute Gasteiger partial charge is 0.0376 e. The Labute approximate surface area is 104 Å². The summed E-state index contributed by atoms with van der Waals surface area (Å²) in [4.78, 5) is 0. The standard InChI is InChI=1S/C15H22N2/c1-11-2-3-15-14(8-11)13(10-17-15)9-12-4-6-16-7-5-12/h2-3,8,12-13,16-17H,4-7,9-10H2,1H3. The Balaban J connectivity index is 1.72. The number of fused-ring (bicyclic) bond motifs is 1. The van der Waals surface area contributed by atoms with Crippen LogP contribution in [0.4, 0.5) is 5.69 Å². The molecule has 1 atom stereocenters. The second-order valence-corrected chi connectivity index (χ2v) is 5.60. The normalized spacial score (nSPS) is 24.4. The first kappa shape index (κ1) is 11.1. The Kier molecular flexibility index (Phi) is 3.06. The van der Waals surface area contributed by atoms with Crippen LogP contribution in [-0.2, 0) is 0 Å². The van der Waals surface area contributed by atoms with E-state index < -0.39 is 0 Å². The summed E-state index contributed by atoms with van der Waals surface area (Å²) in [7, 11) is 0. The SMILES string of the molecule is Cc1ccc2c(c1)C(CC1CCNCC1)CN2. The Morgan fingerprint density at radius 2 is 2.06 bits per heavy atom. The van der Waals surface area contributed by atoms with Gasteiger partial charge in [-0.3, -0.25) is 0 Å². The van der Waals surface area contributed by atoms with Crippen molar-refractivity contribution in [2.75, 3.05) is 25.0 Å². The molecule has 1 aromatic rings. The predicted octanol–water partition coefficient (Wildman–Crippen LogP) is 2.89. The van der Waals surface area contributed by atoms with E-state index in [2.05, 4.69) is 35.8 Å². The van der Waals surface area contributed by atoms with Crippen LogP contribution in [0.2, 0.25) is 0 Å². The lowest BCUT2D eigenvalue weighted by Crippen LogP contribution is -2.28. The predicted molar refractivity (Wildman–Crippen MR) is 72.6 cm³/mol. The second-order valence-electron chi connectivity index (χ2n) is 5.60. The molecule has 17 heavy (non-hydrogen) atoms. The van der Waals surface area contributed by atoms with Gasteiger partial charge in [0, 0.05) is 18.2 Å². The van der Waals surface area contributed by atoms with Gasteiger partial charge in [-0.1, -0.05) is 17.7 Å². The molecule has 2 aliphatic heterocycles. The number of hydrogen-bond acceptors (Lipinski definition) is 2. The maximum atomic E-state index is 3.55. The van der Waals surface area contributed by atoms with Crippen LogP contribution in [0, 0.1) is 12.8 Å². The van der Waals surface area contributed by atoms with Crippen LogP contribution in [0.15, 0.2) is 18.2 Å². The summed E-state index contributed by atoms with van der Waals surface area (Å²) >= 11 is 0.